The van der Waals surface area contributed by atoms with Crippen molar-refractivity contribution in [1.29, 1.82) is 0 Å². The molecule has 0 fully saturated rings. The molecular weight excluding hydrogens is 386 g/mol. The van der Waals surface area contributed by atoms with Crippen molar-refractivity contribution in [2.75, 3.05) is 25.6 Å². The molecule has 2 N–H and O–H groups in total. The van der Waals surface area contributed by atoms with E-state index >= 15 is 0 Å². The molecule has 29 heavy (non-hydrogen) atoms. The summed E-state index contributed by atoms with van der Waals surface area (Å²) in [4.78, 5) is 17.4. The minimum absolute atomic E-state index is 0.00958. The van der Waals surface area contributed by atoms with E-state index in [0.717, 1.165) is 0 Å². The van der Waals surface area contributed by atoms with Crippen molar-refractivity contribution in [1.82, 2.24) is 15.9 Å². The zero-order valence-corrected chi connectivity index (χ0v) is 16.5. The van der Waals surface area contributed by atoms with Crippen LogP contribution in [-0.2, 0) is 9.57 Å². The van der Waals surface area contributed by atoms with Crippen molar-refractivity contribution >= 4 is 28.4 Å². The van der Waals surface area contributed by atoms with Crippen LogP contribution in [0, 0.1) is 18.6 Å². The molecule has 3 aromatic rings. The fourth-order valence-electron chi connectivity index (χ4n) is 2.34. The van der Waals surface area contributed by atoms with Crippen molar-refractivity contribution in [3.8, 4) is 0 Å². The Kier molecular flexibility index (Phi) is 7.98. The summed E-state index contributed by atoms with van der Waals surface area (Å²) >= 11 is 0. The van der Waals surface area contributed by atoms with Gasteiger partial charge in [0.15, 0.2) is 16.9 Å². The maximum absolute atomic E-state index is 14.9. The molecule has 0 aliphatic rings. The van der Waals surface area contributed by atoms with Gasteiger partial charge in [-0.3, -0.25) is 9.63 Å². The first-order valence-electron chi connectivity index (χ1n) is 8.90. The summed E-state index contributed by atoms with van der Waals surface area (Å²) in [5, 5.41) is 9.42. The number of fused-ring (bicyclic) bond motifs is 1. The molecule has 3 rings (SSSR count). The predicted octanol–water partition coefficient (Wildman–Crippen LogP) is 3.89. The normalized spacial score (nSPS) is 10.4. The minimum atomic E-state index is -0.907. The molecule has 0 bridgehead atoms. The first-order valence-corrected chi connectivity index (χ1v) is 8.90. The zero-order chi connectivity index (χ0) is 21.4. The van der Waals surface area contributed by atoms with E-state index in [0.29, 0.717) is 5.56 Å². The van der Waals surface area contributed by atoms with Gasteiger partial charge in [-0.2, -0.15) is 0 Å². The van der Waals surface area contributed by atoms with Gasteiger partial charge in [0.1, 0.15) is 5.82 Å². The number of aromatic nitrogens is 2. The van der Waals surface area contributed by atoms with Crippen LogP contribution in [0.25, 0.3) is 11.1 Å². The highest BCUT2D eigenvalue weighted by atomic mass is 19.1. The molecule has 1 heterocycles. The topological polar surface area (TPSA) is 98.5 Å². The summed E-state index contributed by atoms with van der Waals surface area (Å²) in [7, 11) is 1.48. The number of ether oxygens (including phenoxy) is 1. The first kappa shape index (κ1) is 22.2. The van der Waals surface area contributed by atoms with Crippen LogP contribution >= 0.6 is 0 Å². The number of hydrogen-bond donors (Lipinski definition) is 2. The molecule has 0 atom stereocenters. The third-order valence-corrected chi connectivity index (χ3v) is 3.67. The molecule has 0 aliphatic heterocycles. The van der Waals surface area contributed by atoms with Crippen LogP contribution in [0.3, 0.4) is 0 Å². The van der Waals surface area contributed by atoms with Crippen LogP contribution < -0.4 is 10.8 Å². The highest BCUT2D eigenvalue weighted by Crippen LogP contribution is 2.31. The number of hydrogen-bond acceptors (Lipinski definition) is 7. The summed E-state index contributed by atoms with van der Waals surface area (Å²) in [5.74, 6) is -2.27. The molecular formula is C19H22F2N4O4. The van der Waals surface area contributed by atoms with Crippen molar-refractivity contribution in [2.45, 2.75) is 20.8 Å². The average Bonchev–Trinajstić information content (AvgIpc) is 3.19. The molecule has 2 aromatic carbocycles. The maximum atomic E-state index is 14.9. The molecule has 156 valence electrons. The van der Waals surface area contributed by atoms with Gasteiger partial charge in [-0.25, -0.2) is 14.3 Å². The number of aryl methyl sites for hydroxylation is 1. The summed E-state index contributed by atoms with van der Waals surface area (Å²) in [6.45, 7) is 6.06. The van der Waals surface area contributed by atoms with Gasteiger partial charge in [0.25, 0.3) is 5.91 Å². The first-order chi connectivity index (χ1) is 14.0. The molecule has 0 unspecified atom stereocenters. The number of nitrogens with zero attached hydrogens (tertiary/aromatic N) is 2. The van der Waals surface area contributed by atoms with Crippen molar-refractivity contribution in [2.24, 2.45) is 0 Å². The number of amides is 1. The lowest BCUT2D eigenvalue weighted by Gasteiger charge is -2.14. The monoisotopic (exact) mass is 408 g/mol. The van der Waals surface area contributed by atoms with Crippen LogP contribution in [0.2, 0.25) is 0 Å². The van der Waals surface area contributed by atoms with Crippen LogP contribution in [0.5, 0.6) is 0 Å². The van der Waals surface area contributed by atoms with Crippen LogP contribution in [0.15, 0.2) is 28.8 Å². The van der Waals surface area contributed by atoms with E-state index in [9.17, 15) is 13.6 Å². The van der Waals surface area contributed by atoms with Crippen molar-refractivity contribution < 1.29 is 27.7 Å². The smallest absolute Gasteiger partial charge is 0.277 e. The Hall–Kier alpha value is -3.11. The highest BCUT2D eigenvalue weighted by Gasteiger charge is 2.23. The van der Waals surface area contributed by atoms with E-state index in [4.69, 9.17) is 14.1 Å². The molecule has 1 amide bonds. The number of nitrogens with one attached hydrogen (secondary N) is 2. The Morgan fingerprint density at radius 3 is 2.66 bits per heavy atom. The van der Waals surface area contributed by atoms with Crippen molar-refractivity contribution in [3.05, 3.63) is 47.0 Å². The quantitative estimate of drug-likeness (QED) is 0.452. The van der Waals surface area contributed by atoms with Gasteiger partial charge in [-0.05, 0) is 24.6 Å². The SMILES string of the molecule is CC.COCCONC(=O)c1cc2onnc2c(F)c1Nc1ccc(C)cc1F. The van der Waals surface area contributed by atoms with E-state index in [2.05, 4.69) is 21.2 Å². The number of hydroxylamine groups is 1. The minimum Gasteiger partial charge on any atom is -0.382 e. The lowest BCUT2D eigenvalue weighted by Crippen LogP contribution is -2.26. The fraction of sp³-hybridized carbons (Fsp3) is 0.316. The van der Waals surface area contributed by atoms with Gasteiger partial charge < -0.3 is 14.6 Å². The maximum Gasteiger partial charge on any atom is 0.277 e. The highest BCUT2D eigenvalue weighted by molar-refractivity contribution is 6.03. The van der Waals surface area contributed by atoms with Crippen molar-refractivity contribution in [3.63, 3.8) is 0 Å². The Labute approximate surface area is 166 Å². The molecule has 10 heteroatoms. The third-order valence-electron chi connectivity index (χ3n) is 3.67. The van der Waals surface area contributed by atoms with E-state index in [1.807, 2.05) is 13.8 Å². The number of methoxy groups -OCH3 is 1. The second-order valence-corrected chi connectivity index (χ2v) is 5.61. The largest absolute Gasteiger partial charge is 0.382 e. The number of rotatable bonds is 7. The van der Waals surface area contributed by atoms with Gasteiger partial charge in [0.05, 0.1) is 30.2 Å². The van der Waals surface area contributed by atoms with Gasteiger partial charge in [0.2, 0.25) is 0 Å². The Morgan fingerprint density at radius 2 is 1.97 bits per heavy atom. The second-order valence-electron chi connectivity index (χ2n) is 5.61. The van der Waals surface area contributed by atoms with Gasteiger partial charge >= 0.3 is 0 Å². The summed E-state index contributed by atoms with van der Waals surface area (Å²) in [6.07, 6.45) is 0. The molecule has 1 aromatic heterocycles. The zero-order valence-electron chi connectivity index (χ0n) is 16.5. The van der Waals surface area contributed by atoms with E-state index < -0.39 is 17.5 Å². The number of benzene rings is 2. The standard InChI is InChI=1S/C17H16F2N4O4.C2H6/c1-9-3-4-12(11(18)7-9)20-15-10(17(24)22-26-6-5-25-2)8-13-16(14(15)19)21-23-27-13;1-2/h3-4,7-8,20H,5-6H2,1-2H3,(H,22,24);1-2H3. The van der Waals surface area contributed by atoms with E-state index in [1.165, 1.54) is 25.3 Å². The lowest BCUT2D eigenvalue weighted by molar-refractivity contribution is 0.00892. The number of halogens is 2. The van der Waals surface area contributed by atoms with Crippen LogP contribution in [0.4, 0.5) is 20.2 Å². The summed E-state index contributed by atoms with van der Waals surface area (Å²) in [5.41, 5.74) is 2.17. The lowest BCUT2D eigenvalue weighted by atomic mass is 10.1. The molecule has 8 nitrogen and oxygen atoms in total. The number of carbonyl (C=O) groups excluding carboxylic acids is 1. The van der Waals surface area contributed by atoms with E-state index in [1.54, 1.807) is 13.0 Å². The number of anilines is 2. The predicted molar refractivity (Wildman–Crippen MR) is 103 cm³/mol. The molecule has 0 saturated carbocycles. The Morgan fingerprint density at radius 1 is 1.21 bits per heavy atom. The van der Waals surface area contributed by atoms with Crippen LogP contribution in [-0.4, -0.2) is 36.6 Å². The average molecular weight is 408 g/mol. The Balaban J connectivity index is 0.00000145. The molecule has 0 saturated heterocycles. The number of carbonyl (C=O) groups is 1. The molecule has 0 radical (unpaired) electrons. The van der Waals surface area contributed by atoms with Crippen LogP contribution in [0.1, 0.15) is 29.8 Å². The Bertz CT molecular complexity index is 978. The molecule has 0 spiro atoms. The summed E-state index contributed by atoms with van der Waals surface area (Å²) < 4.78 is 38.7. The van der Waals surface area contributed by atoms with Gasteiger partial charge in [-0.1, -0.05) is 19.9 Å². The summed E-state index contributed by atoms with van der Waals surface area (Å²) in [6, 6.07) is 5.60. The molecule has 0 aliphatic carbocycles. The van der Waals surface area contributed by atoms with Gasteiger partial charge in [0, 0.05) is 18.4 Å². The third kappa shape index (κ3) is 5.24. The fourth-order valence-corrected chi connectivity index (χ4v) is 2.34. The van der Waals surface area contributed by atoms with Gasteiger partial charge in [-0.15, -0.1) is 5.10 Å². The van der Waals surface area contributed by atoms with E-state index in [-0.39, 0.29) is 41.3 Å². The second kappa shape index (κ2) is 10.4.